The van der Waals surface area contributed by atoms with E-state index in [2.05, 4.69) is 20.0 Å². The van der Waals surface area contributed by atoms with Crippen molar-refractivity contribution in [2.45, 2.75) is 0 Å². The molecule has 0 fully saturated rings. The summed E-state index contributed by atoms with van der Waals surface area (Å²) in [4.78, 5) is 20.8. The smallest absolute Gasteiger partial charge is 0.256 e. The highest BCUT2D eigenvalue weighted by molar-refractivity contribution is 7.92. The van der Waals surface area contributed by atoms with Crippen LogP contribution < -0.4 is 14.8 Å². The van der Waals surface area contributed by atoms with Crippen LogP contribution in [0.4, 0.5) is 11.5 Å². The molecule has 0 aliphatic heterocycles. The fraction of sp³-hybridized carbons (Fsp3) is 0.105. The highest BCUT2D eigenvalue weighted by Gasteiger charge is 2.11. The van der Waals surface area contributed by atoms with E-state index in [-0.39, 0.29) is 5.91 Å². The van der Waals surface area contributed by atoms with Crippen molar-refractivity contribution in [2.75, 3.05) is 23.4 Å². The first-order chi connectivity index (χ1) is 13.4. The number of nitrogens with zero attached hydrogens (tertiary/aromatic N) is 2. The van der Waals surface area contributed by atoms with Crippen molar-refractivity contribution in [2.24, 2.45) is 0 Å². The lowest BCUT2D eigenvalue weighted by Gasteiger charge is -2.09. The second-order valence-electron chi connectivity index (χ2n) is 5.89. The summed E-state index contributed by atoms with van der Waals surface area (Å²) < 4.78 is 30.2. The van der Waals surface area contributed by atoms with Gasteiger partial charge in [-0.3, -0.25) is 9.52 Å². The van der Waals surface area contributed by atoms with Gasteiger partial charge in [0.2, 0.25) is 10.0 Å². The van der Waals surface area contributed by atoms with E-state index < -0.39 is 10.0 Å². The number of carbonyl (C=O) groups is 1. The normalized spacial score (nSPS) is 10.9. The van der Waals surface area contributed by atoms with Gasteiger partial charge in [-0.1, -0.05) is 12.1 Å². The number of sulfonamides is 1. The Balaban J connectivity index is 1.78. The van der Waals surface area contributed by atoms with Crippen molar-refractivity contribution in [3.8, 4) is 17.0 Å². The van der Waals surface area contributed by atoms with E-state index in [0.717, 1.165) is 11.8 Å². The summed E-state index contributed by atoms with van der Waals surface area (Å²) in [6.45, 7) is 0. The summed E-state index contributed by atoms with van der Waals surface area (Å²) in [6.07, 6.45) is 2.42. The van der Waals surface area contributed by atoms with Gasteiger partial charge in [-0.15, -0.1) is 0 Å². The summed E-state index contributed by atoms with van der Waals surface area (Å²) in [5.41, 5.74) is 2.12. The number of methoxy groups -OCH3 is 1. The number of anilines is 2. The summed E-state index contributed by atoms with van der Waals surface area (Å²) in [5, 5.41) is 2.70. The molecule has 28 heavy (non-hydrogen) atoms. The van der Waals surface area contributed by atoms with Crippen molar-refractivity contribution in [3.63, 3.8) is 0 Å². The van der Waals surface area contributed by atoms with E-state index in [9.17, 15) is 13.2 Å². The molecular formula is C19H18N4O4S. The van der Waals surface area contributed by atoms with Gasteiger partial charge in [0.05, 0.1) is 19.1 Å². The van der Waals surface area contributed by atoms with Crippen molar-refractivity contribution in [3.05, 3.63) is 66.5 Å². The fourth-order valence-corrected chi connectivity index (χ4v) is 3.09. The van der Waals surface area contributed by atoms with Gasteiger partial charge in [0.15, 0.2) is 0 Å². The zero-order valence-corrected chi connectivity index (χ0v) is 16.0. The Morgan fingerprint density at radius 2 is 1.75 bits per heavy atom. The molecule has 0 aliphatic rings. The van der Waals surface area contributed by atoms with Crippen LogP contribution in [0, 0.1) is 0 Å². The van der Waals surface area contributed by atoms with Gasteiger partial charge >= 0.3 is 0 Å². The molecule has 0 saturated carbocycles. The number of nitrogens with one attached hydrogen (secondary N) is 2. The number of amides is 1. The molecule has 3 rings (SSSR count). The number of aromatic nitrogens is 2. The number of hydrogen-bond acceptors (Lipinski definition) is 6. The number of benzene rings is 2. The molecule has 1 heterocycles. The Bertz CT molecular complexity index is 1100. The van der Waals surface area contributed by atoms with Crippen LogP contribution in [-0.4, -0.2) is 37.7 Å². The quantitative estimate of drug-likeness (QED) is 0.661. The lowest BCUT2D eigenvalue weighted by atomic mass is 10.1. The molecule has 1 amide bonds. The number of carbonyl (C=O) groups excluding carboxylic acids is 1. The molecule has 3 aromatic rings. The van der Waals surface area contributed by atoms with Gasteiger partial charge in [0.25, 0.3) is 5.91 Å². The van der Waals surface area contributed by atoms with Crippen LogP contribution in [-0.2, 0) is 10.0 Å². The Hall–Kier alpha value is -3.46. The Labute approximate surface area is 162 Å². The van der Waals surface area contributed by atoms with Crippen molar-refractivity contribution < 1.29 is 17.9 Å². The molecule has 2 aromatic carbocycles. The lowest BCUT2D eigenvalue weighted by molar-refractivity contribution is 0.102. The van der Waals surface area contributed by atoms with Crippen LogP contribution >= 0.6 is 0 Å². The molecule has 2 N–H and O–H groups in total. The second kappa shape index (κ2) is 8.05. The van der Waals surface area contributed by atoms with E-state index in [0.29, 0.717) is 28.5 Å². The topological polar surface area (TPSA) is 110 Å². The van der Waals surface area contributed by atoms with Crippen LogP contribution in [0.3, 0.4) is 0 Å². The maximum atomic E-state index is 12.4. The van der Waals surface area contributed by atoms with Gasteiger partial charge in [-0.2, -0.15) is 0 Å². The minimum atomic E-state index is -3.37. The lowest BCUT2D eigenvalue weighted by Crippen LogP contribution is -2.14. The molecule has 144 valence electrons. The number of hydrogen-bond donors (Lipinski definition) is 2. The number of para-hydroxylation sites is 1. The maximum Gasteiger partial charge on any atom is 0.256 e. The zero-order valence-electron chi connectivity index (χ0n) is 15.2. The summed E-state index contributed by atoms with van der Waals surface area (Å²) in [6, 6.07) is 15.1. The molecular weight excluding hydrogens is 380 g/mol. The summed E-state index contributed by atoms with van der Waals surface area (Å²) >= 11 is 0. The molecule has 1 aromatic heterocycles. The number of ether oxygens (including phenoxy) is 1. The average Bonchev–Trinajstić information content (AvgIpc) is 2.67. The third-order valence-electron chi connectivity index (χ3n) is 3.74. The van der Waals surface area contributed by atoms with E-state index in [4.69, 9.17) is 4.74 Å². The van der Waals surface area contributed by atoms with Crippen LogP contribution in [0.15, 0.2) is 60.9 Å². The molecule has 0 spiro atoms. The first-order valence-electron chi connectivity index (χ1n) is 8.20. The molecule has 0 bridgehead atoms. The molecule has 0 radical (unpaired) electrons. The van der Waals surface area contributed by atoms with E-state index in [1.807, 2.05) is 24.3 Å². The SMILES string of the molecule is COc1ccccc1-c1cc(NC(=O)c2ccc(NS(C)(=O)=O)cc2)ncn1. The maximum absolute atomic E-state index is 12.4. The van der Waals surface area contributed by atoms with Crippen LogP contribution in [0.5, 0.6) is 5.75 Å². The van der Waals surface area contributed by atoms with Gasteiger partial charge in [0.1, 0.15) is 17.9 Å². The minimum absolute atomic E-state index is 0.333. The molecule has 0 atom stereocenters. The summed E-state index contributed by atoms with van der Waals surface area (Å²) in [5.74, 6) is 0.613. The highest BCUT2D eigenvalue weighted by Crippen LogP contribution is 2.28. The molecule has 0 saturated heterocycles. The average molecular weight is 398 g/mol. The zero-order chi connectivity index (χ0) is 20.1. The molecule has 0 unspecified atom stereocenters. The van der Waals surface area contributed by atoms with Gasteiger partial charge < -0.3 is 10.1 Å². The second-order valence-corrected chi connectivity index (χ2v) is 7.64. The van der Waals surface area contributed by atoms with Crippen molar-refractivity contribution >= 4 is 27.4 Å². The number of rotatable bonds is 6. The standard InChI is InChI=1S/C19H18N4O4S/c1-27-17-6-4-3-5-15(17)16-11-18(21-12-20-16)22-19(24)13-7-9-14(10-8-13)23-28(2,25)26/h3-12,23H,1-2H3,(H,20,21,22,24). The third kappa shape index (κ3) is 4.83. The van der Waals surface area contributed by atoms with Crippen LogP contribution in [0.1, 0.15) is 10.4 Å². The molecule has 8 nitrogen and oxygen atoms in total. The first kappa shape index (κ1) is 19.3. The van der Waals surface area contributed by atoms with E-state index >= 15 is 0 Å². The minimum Gasteiger partial charge on any atom is -0.496 e. The summed E-state index contributed by atoms with van der Waals surface area (Å²) in [7, 11) is -1.80. The third-order valence-corrected chi connectivity index (χ3v) is 4.35. The fourth-order valence-electron chi connectivity index (χ4n) is 2.52. The molecule has 9 heteroatoms. The Morgan fingerprint density at radius 3 is 2.43 bits per heavy atom. The first-order valence-corrected chi connectivity index (χ1v) is 10.1. The predicted molar refractivity (Wildman–Crippen MR) is 107 cm³/mol. The Morgan fingerprint density at radius 1 is 1.04 bits per heavy atom. The molecule has 0 aliphatic carbocycles. The monoisotopic (exact) mass is 398 g/mol. The predicted octanol–water partition coefficient (Wildman–Crippen LogP) is 2.78. The van der Waals surface area contributed by atoms with E-state index in [1.165, 1.54) is 30.6 Å². The van der Waals surface area contributed by atoms with Crippen LogP contribution in [0.2, 0.25) is 0 Å². The largest absolute Gasteiger partial charge is 0.496 e. The van der Waals surface area contributed by atoms with Gasteiger partial charge in [0, 0.05) is 22.9 Å². The van der Waals surface area contributed by atoms with Gasteiger partial charge in [-0.25, -0.2) is 18.4 Å². The van der Waals surface area contributed by atoms with Gasteiger partial charge in [-0.05, 0) is 36.4 Å². The van der Waals surface area contributed by atoms with Crippen molar-refractivity contribution in [1.82, 2.24) is 9.97 Å². The van der Waals surface area contributed by atoms with E-state index in [1.54, 1.807) is 13.2 Å². The highest BCUT2D eigenvalue weighted by atomic mass is 32.2. The Kier molecular flexibility index (Phi) is 5.55. The van der Waals surface area contributed by atoms with Crippen LogP contribution in [0.25, 0.3) is 11.3 Å². The van der Waals surface area contributed by atoms with Crippen molar-refractivity contribution in [1.29, 1.82) is 0 Å².